The zero-order valence-electron chi connectivity index (χ0n) is 17.4. The third-order valence-electron chi connectivity index (χ3n) is 4.46. The minimum Gasteiger partial charge on any atom is -0.497 e. The second-order valence-corrected chi connectivity index (χ2v) is 6.60. The summed E-state index contributed by atoms with van der Waals surface area (Å²) < 4.78 is 15.9. The number of benzene rings is 3. The summed E-state index contributed by atoms with van der Waals surface area (Å²) in [6, 6.07) is 21.4. The Kier molecular flexibility index (Phi) is 7.48. The number of rotatable bonds is 9. The van der Waals surface area contributed by atoms with Crippen LogP contribution in [0.3, 0.4) is 0 Å². The van der Waals surface area contributed by atoms with Crippen molar-refractivity contribution in [2.75, 3.05) is 26.1 Å². The van der Waals surface area contributed by atoms with Crippen LogP contribution in [0.1, 0.15) is 15.9 Å². The van der Waals surface area contributed by atoms with Gasteiger partial charge in [0.2, 0.25) is 0 Å². The van der Waals surface area contributed by atoms with Gasteiger partial charge in [0, 0.05) is 18.2 Å². The van der Waals surface area contributed by atoms with Crippen LogP contribution in [0.25, 0.3) is 0 Å². The molecule has 7 heteroatoms. The summed E-state index contributed by atoms with van der Waals surface area (Å²) in [6.07, 6.45) is 0. The molecular formula is C24H24N2O5. The van der Waals surface area contributed by atoms with Gasteiger partial charge in [-0.05, 0) is 42.0 Å². The molecule has 0 radical (unpaired) electrons. The lowest BCUT2D eigenvalue weighted by atomic mass is 10.2. The number of hydrogen-bond donors (Lipinski definition) is 2. The van der Waals surface area contributed by atoms with Gasteiger partial charge in [0.05, 0.1) is 19.9 Å². The van der Waals surface area contributed by atoms with Crippen molar-refractivity contribution in [3.63, 3.8) is 0 Å². The van der Waals surface area contributed by atoms with Gasteiger partial charge in [0.25, 0.3) is 11.8 Å². The summed E-state index contributed by atoms with van der Waals surface area (Å²) in [7, 11) is 3.06. The molecule has 3 aromatic rings. The molecule has 0 aromatic heterocycles. The van der Waals surface area contributed by atoms with Crippen molar-refractivity contribution < 1.29 is 23.8 Å². The number of carbonyl (C=O) groups excluding carboxylic acids is 2. The maximum atomic E-state index is 12.3. The summed E-state index contributed by atoms with van der Waals surface area (Å²) in [5, 5.41) is 5.60. The molecule has 0 saturated carbocycles. The second kappa shape index (κ2) is 10.7. The predicted octanol–water partition coefficient (Wildman–Crippen LogP) is 3.65. The highest BCUT2D eigenvalue weighted by molar-refractivity contribution is 5.94. The Morgan fingerprint density at radius 3 is 2.23 bits per heavy atom. The average molecular weight is 420 g/mol. The molecule has 3 aromatic carbocycles. The van der Waals surface area contributed by atoms with E-state index >= 15 is 0 Å². The molecule has 0 atom stereocenters. The van der Waals surface area contributed by atoms with Crippen LogP contribution in [0.15, 0.2) is 72.8 Å². The van der Waals surface area contributed by atoms with E-state index in [2.05, 4.69) is 10.6 Å². The minimum absolute atomic E-state index is 0.182. The first-order chi connectivity index (χ1) is 15.1. The molecule has 160 valence electrons. The molecule has 0 aliphatic rings. The largest absolute Gasteiger partial charge is 0.497 e. The Balaban J connectivity index is 1.51. The van der Waals surface area contributed by atoms with Gasteiger partial charge in [0.1, 0.15) is 17.2 Å². The van der Waals surface area contributed by atoms with Gasteiger partial charge in [-0.25, -0.2) is 0 Å². The van der Waals surface area contributed by atoms with Crippen LogP contribution in [0.4, 0.5) is 5.69 Å². The first kappa shape index (κ1) is 21.7. The normalized spacial score (nSPS) is 10.1. The zero-order chi connectivity index (χ0) is 22.1. The molecule has 0 saturated heterocycles. The third kappa shape index (κ3) is 6.24. The summed E-state index contributed by atoms with van der Waals surface area (Å²) in [5.41, 5.74) is 2.02. The van der Waals surface area contributed by atoms with Crippen molar-refractivity contribution in [3.8, 4) is 17.2 Å². The second-order valence-electron chi connectivity index (χ2n) is 6.60. The standard InChI is InChI=1S/C24H24N2O5/c1-29-20-12-13-22(30-2)21(14-20)26-23(27)16-31-19-10-8-18(9-11-19)24(28)25-15-17-6-4-3-5-7-17/h3-14H,15-16H2,1-2H3,(H,25,28)(H,26,27). The van der Waals surface area contributed by atoms with Gasteiger partial charge in [-0.3, -0.25) is 9.59 Å². The smallest absolute Gasteiger partial charge is 0.262 e. The van der Waals surface area contributed by atoms with E-state index < -0.39 is 0 Å². The van der Waals surface area contributed by atoms with E-state index in [1.54, 1.807) is 49.6 Å². The van der Waals surface area contributed by atoms with E-state index in [4.69, 9.17) is 14.2 Å². The highest BCUT2D eigenvalue weighted by Gasteiger charge is 2.11. The summed E-state index contributed by atoms with van der Waals surface area (Å²) >= 11 is 0. The molecule has 2 amide bonds. The highest BCUT2D eigenvalue weighted by Crippen LogP contribution is 2.28. The van der Waals surface area contributed by atoms with E-state index in [1.165, 1.54) is 7.11 Å². The maximum Gasteiger partial charge on any atom is 0.262 e. The molecule has 0 spiro atoms. The van der Waals surface area contributed by atoms with Crippen LogP contribution in [0.5, 0.6) is 17.2 Å². The summed E-state index contributed by atoms with van der Waals surface area (Å²) in [6.45, 7) is 0.256. The van der Waals surface area contributed by atoms with Crippen molar-refractivity contribution in [1.82, 2.24) is 5.32 Å². The van der Waals surface area contributed by atoms with E-state index in [0.717, 1.165) is 5.56 Å². The fraction of sp³-hybridized carbons (Fsp3) is 0.167. The van der Waals surface area contributed by atoms with Crippen molar-refractivity contribution in [1.29, 1.82) is 0 Å². The third-order valence-corrected chi connectivity index (χ3v) is 4.46. The van der Waals surface area contributed by atoms with Crippen LogP contribution in [-0.2, 0) is 11.3 Å². The van der Waals surface area contributed by atoms with Gasteiger partial charge < -0.3 is 24.8 Å². The van der Waals surface area contributed by atoms with E-state index in [0.29, 0.717) is 35.0 Å². The van der Waals surface area contributed by atoms with Crippen LogP contribution < -0.4 is 24.8 Å². The lowest BCUT2D eigenvalue weighted by Gasteiger charge is -2.12. The number of anilines is 1. The molecule has 31 heavy (non-hydrogen) atoms. The SMILES string of the molecule is COc1ccc(OC)c(NC(=O)COc2ccc(C(=O)NCc3ccccc3)cc2)c1. The summed E-state index contributed by atoms with van der Waals surface area (Å²) in [5.74, 6) is 1.06. The number of ether oxygens (including phenoxy) is 3. The van der Waals surface area contributed by atoms with E-state index in [1.807, 2.05) is 30.3 Å². The molecule has 3 rings (SSSR count). The number of methoxy groups -OCH3 is 2. The molecule has 2 N–H and O–H groups in total. The van der Waals surface area contributed by atoms with Crippen LogP contribution in [0, 0.1) is 0 Å². The van der Waals surface area contributed by atoms with Crippen LogP contribution in [-0.4, -0.2) is 32.6 Å². The number of nitrogens with one attached hydrogen (secondary N) is 2. The molecular weight excluding hydrogens is 396 g/mol. The van der Waals surface area contributed by atoms with Gasteiger partial charge in [0.15, 0.2) is 6.61 Å². The number of amides is 2. The molecule has 0 aliphatic heterocycles. The molecule has 0 unspecified atom stereocenters. The number of hydrogen-bond acceptors (Lipinski definition) is 5. The van der Waals surface area contributed by atoms with Crippen molar-refractivity contribution in [3.05, 3.63) is 83.9 Å². The maximum absolute atomic E-state index is 12.3. The molecule has 7 nitrogen and oxygen atoms in total. The fourth-order valence-electron chi connectivity index (χ4n) is 2.83. The molecule has 0 fully saturated rings. The first-order valence-electron chi connectivity index (χ1n) is 9.66. The fourth-order valence-corrected chi connectivity index (χ4v) is 2.83. The summed E-state index contributed by atoms with van der Waals surface area (Å²) in [4.78, 5) is 24.5. The Bertz CT molecular complexity index is 1020. The molecule has 0 heterocycles. The van der Waals surface area contributed by atoms with Crippen LogP contribution in [0.2, 0.25) is 0 Å². The lowest BCUT2D eigenvalue weighted by molar-refractivity contribution is -0.118. The predicted molar refractivity (Wildman–Crippen MR) is 118 cm³/mol. The monoisotopic (exact) mass is 420 g/mol. The topological polar surface area (TPSA) is 85.9 Å². The van der Waals surface area contributed by atoms with Gasteiger partial charge in [-0.2, -0.15) is 0 Å². The Labute approximate surface area is 180 Å². The molecule has 0 bridgehead atoms. The Morgan fingerprint density at radius 1 is 0.839 bits per heavy atom. The van der Waals surface area contributed by atoms with Crippen molar-refractivity contribution in [2.24, 2.45) is 0 Å². The number of carbonyl (C=O) groups is 2. The zero-order valence-corrected chi connectivity index (χ0v) is 17.4. The van der Waals surface area contributed by atoms with Gasteiger partial charge >= 0.3 is 0 Å². The Hall–Kier alpha value is -4.00. The van der Waals surface area contributed by atoms with E-state index in [-0.39, 0.29) is 18.4 Å². The first-order valence-corrected chi connectivity index (χ1v) is 9.66. The average Bonchev–Trinajstić information content (AvgIpc) is 2.82. The Morgan fingerprint density at radius 2 is 1.55 bits per heavy atom. The lowest BCUT2D eigenvalue weighted by Crippen LogP contribution is -2.22. The van der Waals surface area contributed by atoms with Crippen molar-refractivity contribution in [2.45, 2.75) is 6.54 Å². The van der Waals surface area contributed by atoms with E-state index in [9.17, 15) is 9.59 Å². The minimum atomic E-state index is -0.351. The van der Waals surface area contributed by atoms with Crippen LogP contribution >= 0.6 is 0 Å². The van der Waals surface area contributed by atoms with Crippen molar-refractivity contribution >= 4 is 17.5 Å². The van der Waals surface area contributed by atoms with Gasteiger partial charge in [-0.1, -0.05) is 30.3 Å². The highest BCUT2D eigenvalue weighted by atomic mass is 16.5. The van der Waals surface area contributed by atoms with Gasteiger partial charge in [-0.15, -0.1) is 0 Å². The quantitative estimate of drug-likeness (QED) is 0.552. The molecule has 0 aliphatic carbocycles.